The van der Waals surface area contributed by atoms with E-state index in [0.29, 0.717) is 18.0 Å². The van der Waals surface area contributed by atoms with Crippen molar-refractivity contribution in [3.63, 3.8) is 0 Å². The van der Waals surface area contributed by atoms with Crippen LogP contribution < -0.4 is 5.32 Å². The standard InChI is InChI=1S/C21H26N2O2/c1-16(2)15-23(3)20(24)14-19(17-10-6-4-7-11-17)22-21(25)18-12-8-5-9-13-18/h4-13,16,19H,14-15H2,1-3H3,(H,22,25). The van der Waals surface area contributed by atoms with E-state index in [2.05, 4.69) is 19.2 Å². The predicted molar refractivity (Wildman–Crippen MR) is 100 cm³/mol. The lowest BCUT2D eigenvalue weighted by Crippen LogP contribution is -2.36. The normalized spacial score (nSPS) is 11.8. The lowest BCUT2D eigenvalue weighted by atomic mass is 10.0. The molecule has 0 spiro atoms. The molecule has 4 heteroatoms. The van der Waals surface area contributed by atoms with E-state index >= 15 is 0 Å². The van der Waals surface area contributed by atoms with Crippen molar-refractivity contribution in [3.05, 3.63) is 71.8 Å². The Morgan fingerprint density at radius 2 is 1.52 bits per heavy atom. The Bertz CT molecular complexity index is 684. The molecule has 0 aromatic heterocycles. The van der Waals surface area contributed by atoms with E-state index in [1.165, 1.54) is 0 Å². The molecule has 4 nitrogen and oxygen atoms in total. The van der Waals surface area contributed by atoms with Crippen LogP contribution in [0.15, 0.2) is 60.7 Å². The highest BCUT2D eigenvalue weighted by Gasteiger charge is 2.21. The number of nitrogens with zero attached hydrogens (tertiary/aromatic N) is 1. The Balaban J connectivity index is 2.14. The number of nitrogens with one attached hydrogen (secondary N) is 1. The van der Waals surface area contributed by atoms with E-state index in [0.717, 1.165) is 5.56 Å². The molecule has 1 N–H and O–H groups in total. The zero-order valence-electron chi connectivity index (χ0n) is 15.1. The number of hydrogen-bond donors (Lipinski definition) is 1. The maximum atomic E-state index is 12.6. The van der Waals surface area contributed by atoms with E-state index in [1.807, 2.05) is 55.6 Å². The molecule has 0 heterocycles. The van der Waals surface area contributed by atoms with E-state index < -0.39 is 0 Å². The van der Waals surface area contributed by atoms with E-state index in [4.69, 9.17) is 0 Å². The molecule has 132 valence electrons. The minimum Gasteiger partial charge on any atom is -0.345 e. The largest absolute Gasteiger partial charge is 0.345 e. The minimum atomic E-state index is -0.351. The predicted octanol–water partition coefficient (Wildman–Crippen LogP) is 3.66. The fraction of sp³-hybridized carbons (Fsp3) is 0.333. The first-order valence-corrected chi connectivity index (χ1v) is 8.62. The van der Waals surface area contributed by atoms with Crippen molar-refractivity contribution in [3.8, 4) is 0 Å². The van der Waals surface area contributed by atoms with Gasteiger partial charge in [-0.2, -0.15) is 0 Å². The summed E-state index contributed by atoms with van der Waals surface area (Å²) in [4.78, 5) is 26.8. The van der Waals surface area contributed by atoms with Gasteiger partial charge in [-0.1, -0.05) is 62.4 Å². The molecule has 0 saturated heterocycles. The molecule has 1 unspecified atom stereocenters. The highest BCUT2D eigenvalue weighted by Crippen LogP contribution is 2.19. The van der Waals surface area contributed by atoms with Crippen molar-refractivity contribution < 1.29 is 9.59 Å². The van der Waals surface area contributed by atoms with Crippen LogP contribution in [0.1, 0.15) is 42.2 Å². The molecule has 1 atom stereocenters. The van der Waals surface area contributed by atoms with Gasteiger partial charge in [-0.15, -0.1) is 0 Å². The zero-order chi connectivity index (χ0) is 18.2. The highest BCUT2D eigenvalue weighted by atomic mass is 16.2. The number of amides is 2. The molecule has 25 heavy (non-hydrogen) atoms. The Morgan fingerprint density at radius 3 is 2.08 bits per heavy atom. The van der Waals surface area contributed by atoms with Gasteiger partial charge in [0.2, 0.25) is 5.91 Å². The van der Waals surface area contributed by atoms with Gasteiger partial charge in [0.1, 0.15) is 0 Å². The topological polar surface area (TPSA) is 49.4 Å². The molecule has 0 aliphatic carbocycles. The van der Waals surface area contributed by atoms with Crippen LogP contribution in [0.25, 0.3) is 0 Å². The zero-order valence-corrected chi connectivity index (χ0v) is 15.1. The average Bonchev–Trinajstić information content (AvgIpc) is 2.62. The Kier molecular flexibility index (Phi) is 6.75. The number of carbonyl (C=O) groups excluding carboxylic acids is 2. The molecule has 2 aromatic carbocycles. The number of carbonyl (C=O) groups is 2. The summed E-state index contributed by atoms with van der Waals surface area (Å²) in [5.41, 5.74) is 1.52. The lowest BCUT2D eigenvalue weighted by Gasteiger charge is -2.24. The summed E-state index contributed by atoms with van der Waals surface area (Å²) in [7, 11) is 1.81. The third kappa shape index (κ3) is 5.75. The van der Waals surface area contributed by atoms with Crippen molar-refractivity contribution in [1.29, 1.82) is 0 Å². The molecule has 2 amide bonds. The van der Waals surface area contributed by atoms with Crippen molar-refractivity contribution in [1.82, 2.24) is 10.2 Å². The summed E-state index contributed by atoms with van der Waals surface area (Å²) in [5.74, 6) is 0.257. The number of benzene rings is 2. The Labute approximate surface area is 149 Å². The van der Waals surface area contributed by atoms with Crippen molar-refractivity contribution in [2.24, 2.45) is 5.92 Å². The van der Waals surface area contributed by atoms with Gasteiger partial charge in [0.25, 0.3) is 5.91 Å². The van der Waals surface area contributed by atoms with Gasteiger partial charge in [0.05, 0.1) is 12.5 Å². The quantitative estimate of drug-likeness (QED) is 0.837. The van der Waals surface area contributed by atoms with Crippen molar-refractivity contribution in [2.75, 3.05) is 13.6 Å². The second-order valence-corrected chi connectivity index (χ2v) is 6.67. The molecule has 0 saturated carbocycles. The molecular formula is C21H26N2O2. The van der Waals surface area contributed by atoms with Gasteiger partial charge in [0.15, 0.2) is 0 Å². The molecule has 0 bridgehead atoms. The van der Waals surface area contributed by atoms with Crippen LogP contribution in [0.2, 0.25) is 0 Å². The fourth-order valence-corrected chi connectivity index (χ4v) is 2.75. The summed E-state index contributed by atoms with van der Waals surface area (Å²) in [6.07, 6.45) is 0.242. The van der Waals surface area contributed by atoms with Gasteiger partial charge in [0, 0.05) is 19.2 Å². The van der Waals surface area contributed by atoms with E-state index in [1.54, 1.807) is 17.0 Å². The highest BCUT2D eigenvalue weighted by molar-refractivity contribution is 5.94. The summed E-state index contributed by atoms with van der Waals surface area (Å²) >= 11 is 0. The van der Waals surface area contributed by atoms with Crippen LogP contribution >= 0.6 is 0 Å². The first kappa shape index (κ1) is 18.7. The van der Waals surface area contributed by atoms with Crippen LogP contribution in [0, 0.1) is 5.92 Å². The second-order valence-electron chi connectivity index (χ2n) is 6.67. The first-order chi connectivity index (χ1) is 12.0. The van der Waals surface area contributed by atoms with Gasteiger partial charge in [-0.05, 0) is 23.6 Å². The Hall–Kier alpha value is -2.62. The lowest BCUT2D eigenvalue weighted by molar-refractivity contribution is -0.130. The van der Waals surface area contributed by atoms with Gasteiger partial charge < -0.3 is 10.2 Å². The van der Waals surface area contributed by atoms with Crippen molar-refractivity contribution >= 4 is 11.8 Å². The molecule has 0 aliphatic rings. The molecular weight excluding hydrogens is 312 g/mol. The smallest absolute Gasteiger partial charge is 0.251 e. The molecule has 0 aliphatic heterocycles. The SMILES string of the molecule is CC(C)CN(C)C(=O)CC(NC(=O)c1ccccc1)c1ccccc1. The molecule has 0 radical (unpaired) electrons. The third-order valence-corrected chi connectivity index (χ3v) is 3.99. The fourth-order valence-electron chi connectivity index (χ4n) is 2.75. The van der Waals surface area contributed by atoms with Gasteiger partial charge >= 0.3 is 0 Å². The van der Waals surface area contributed by atoms with Crippen LogP contribution in [-0.4, -0.2) is 30.3 Å². The summed E-state index contributed by atoms with van der Waals surface area (Å²) in [6.45, 7) is 4.86. The van der Waals surface area contributed by atoms with Gasteiger partial charge in [-0.3, -0.25) is 9.59 Å². The summed E-state index contributed by atoms with van der Waals surface area (Å²) < 4.78 is 0. The third-order valence-electron chi connectivity index (χ3n) is 3.99. The minimum absolute atomic E-state index is 0.0240. The summed E-state index contributed by atoms with van der Waals surface area (Å²) in [6, 6.07) is 18.3. The van der Waals surface area contributed by atoms with Gasteiger partial charge in [-0.25, -0.2) is 0 Å². The maximum absolute atomic E-state index is 12.6. The van der Waals surface area contributed by atoms with Crippen LogP contribution in [0.3, 0.4) is 0 Å². The second kappa shape index (κ2) is 9.02. The monoisotopic (exact) mass is 338 g/mol. The van der Waals surface area contributed by atoms with Crippen LogP contribution in [0.4, 0.5) is 0 Å². The van der Waals surface area contributed by atoms with Crippen LogP contribution in [0.5, 0.6) is 0 Å². The average molecular weight is 338 g/mol. The maximum Gasteiger partial charge on any atom is 0.251 e. The Morgan fingerprint density at radius 1 is 0.960 bits per heavy atom. The molecule has 0 fully saturated rings. The number of hydrogen-bond acceptors (Lipinski definition) is 2. The van der Waals surface area contributed by atoms with E-state index in [9.17, 15) is 9.59 Å². The number of rotatable bonds is 7. The first-order valence-electron chi connectivity index (χ1n) is 8.62. The summed E-state index contributed by atoms with van der Waals surface area (Å²) in [5, 5.41) is 3.00. The van der Waals surface area contributed by atoms with Crippen LogP contribution in [-0.2, 0) is 4.79 Å². The van der Waals surface area contributed by atoms with Crippen molar-refractivity contribution in [2.45, 2.75) is 26.3 Å². The van der Waals surface area contributed by atoms with E-state index in [-0.39, 0.29) is 24.3 Å². The molecule has 2 rings (SSSR count). The molecule has 2 aromatic rings.